The molecule has 3 aromatic rings. The number of benzene rings is 1. The summed E-state index contributed by atoms with van der Waals surface area (Å²) < 4.78 is 35.4. The monoisotopic (exact) mass is 386 g/mol. The van der Waals surface area contributed by atoms with Crippen LogP contribution in [-0.2, 0) is 21.6 Å². The molecule has 0 amide bonds. The van der Waals surface area contributed by atoms with Crippen LogP contribution in [0, 0.1) is 11.8 Å². The maximum absolute atomic E-state index is 12.1. The van der Waals surface area contributed by atoms with Crippen molar-refractivity contribution in [1.82, 2.24) is 9.78 Å². The van der Waals surface area contributed by atoms with Crippen LogP contribution in [0.1, 0.15) is 5.69 Å². The Morgan fingerprint density at radius 2 is 1.96 bits per heavy atom. The highest BCUT2D eigenvalue weighted by molar-refractivity contribution is 7.80. The molecule has 0 saturated carbocycles. The summed E-state index contributed by atoms with van der Waals surface area (Å²) in [5.74, 6) is 0. The van der Waals surface area contributed by atoms with Crippen LogP contribution in [0.5, 0.6) is 0 Å². The molecule has 0 atom stereocenters. The molecule has 1 N–H and O–H groups in total. The van der Waals surface area contributed by atoms with Crippen LogP contribution in [0.3, 0.4) is 0 Å². The zero-order valence-electron chi connectivity index (χ0n) is 13.4. The number of para-hydroxylation sites is 1. The number of hydrogen-bond donors (Lipinski definition) is 1. The molecule has 0 radical (unpaired) electrons. The van der Waals surface area contributed by atoms with E-state index in [9.17, 15) is 22.7 Å². The van der Waals surface area contributed by atoms with Gasteiger partial charge in [-0.25, -0.2) is 22.9 Å². The van der Waals surface area contributed by atoms with Crippen LogP contribution in [0.25, 0.3) is 15.3 Å². The van der Waals surface area contributed by atoms with E-state index >= 15 is 0 Å². The Morgan fingerprint density at radius 1 is 1.36 bits per heavy atom. The number of aromatic amines is 1. The van der Waals surface area contributed by atoms with Gasteiger partial charge in [0.25, 0.3) is 0 Å². The predicted octanol–water partition coefficient (Wildman–Crippen LogP) is 1.00. The lowest BCUT2D eigenvalue weighted by Gasteiger charge is -1.98. The molecule has 25 heavy (non-hydrogen) atoms. The molecular formula is C13H14N4O6S2. The predicted molar refractivity (Wildman–Crippen MR) is 89.8 cm³/mol. The van der Waals surface area contributed by atoms with Crippen molar-refractivity contribution < 1.29 is 21.7 Å². The highest BCUT2D eigenvalue weighted by atomic mass is 32.3. The first-order valence-corrected chi connectivity index (χ1v) is 8.89. The van der Waals surface area contributed by atoms with Crippen LogP contribution in [-0.4, -0.2) is 29.9 Å². The van der Waals surface area contributed by atoms with Gasteiger partial charge < -0.3 is 4.55 Å². The van der Waals surface area contributed by atoms with Crippen LogP contribution in [0.2, 0.25) is 0 Å². The van der Waals surface area contributed by atoms with E-state index in [4.69, 9.17) is 0 Å². The second-order valence-electron chi connectivity index (χ2n) is 4.80. The Hall–Kier alpha value is -2.41. The first-order valence-electron chi connectivity index (χ1n) is 6.74. The van der Waals surface area contributed by atoms with Crippen molar-refractivity contribution in [3.05, 3.63) is 45.2 Å². The smallest absolute Gasteiger partial charge is 0.389 e. The Kier molecular flexibility index (Phi) is 5.47. The summed E-state index contributed by atoms with van der Waals surface area (Å²) in [6.07, 6.45) is 0. The highest BCUT2D eigenvalue weighted by Gasteiger charge is 2.24. The van der Waals surface area contributed by atoms with E-state index < -0.39 is 16.0 Å². The number of thiazole rings is 1. The normalized spacial score (nSPS) is 11.2. The van der Waals surface area contributed by atoms with Gasteiger partial charge in [-0.2, -0.15) is 0 Å². The third-order valence-electron chi connectivity index (χ3n) is 3.24. The molecule has 2 aromatic heterocycles. The fourth-order valence-electron chi connectivity index (χ4n) is 2.07. The molecule has 0 saturated heterocycles. The van der Waals surface area contributed by atoms with E-state index in [1.165, 1.54) is 16.0 Å². The zero-order valence-corrected chi connectivity index (χ0v) is 15.1. The van der Waals surface area contributed by atoms with E-state index in [2.05, 4.69) is 14.5 Å². The van der Waals surface area contributed by atoms with Gasteiger partial charge in [-0.1, -0.05) is 16.8 Å². The molecule has 0 unspecified atom stereocenters. The summed E-state index contributed by atoms with van der Waals surface area (Å²) in [4.78, 5) is 22.7. The third kappa shape index (κ3) is 3.99. The summed E-state index contributed by atoms with van der Waals surface area (Å²) in [5.41, 5.74) is 1.01. The van der Waals surface area contributed by atoms with Gasteiger partial charge in [-0.15, -0.1) is 4.91 Å². The number of fused-ring (bicyclic) bond motifs is 1. The van der Waals surface area contributed by atoms with E-state index in [1.807, 2.05) is 35.9 Å². The lowest BCUT2D eigenvalue weighted by molar-refractivity contribution is -0.635. The quantitative estimate of drug-likeness (QED) is 0.308. The van der Waals surface area contributed by atoms with Crippen molar-refractivity contribution in [3.8, 4) is 5.13 Å². The summed E-state index contributed by atoms with van der Waals surface area (Å²) >= 11 is 1.47. The number of aromatic nitrogens is 3. The van der Waals surface area contributed by atoms with Gasteiger partial charge in [0.15, 0.2) is 0 Å². The van der Waals surface area contributed by atoms with Crippen molar-refractivity contribution in [1.29, 1.82) is 0 Å². The molecule has 0 bridgehead atoms. The molecule has 134 valence electrons. The first-order chi connectivity index (χ1) is 11.7. The lowest BCUT2D eigenvalue weighted by atomic mass is 10.3. The zero-order chi connectivity index (χ0) is 18.8. The minimum Gasteiger partial charge on any atom is -0.726 e. The minimum absolute atomic E-state index is 0.0718. The lowest BCUT2D eigenvalue weighted by Crippen LogP contribution is -2.34. The molecule has 0 aliphatic rings. The van der Waals surface area contributed by atoms with Gasteiger partial charge in [0.05, 0.1) is 24.6 Å². The molecule has 2 heterocycles. The number of rotatable bonds is 3. The molecule has 0 fully saturated rings. The average molecular weight is 386 g/mol. The largest absolute Gasteiger partial charge is 0.726 e. The Labute approximate surface area is 146 Å². The Balaban J connectivity index is 0.000000326. The fourth-order valence-corrected chi connectivity index (χ4v) is 3.17. The molecular weight excluding hydrogens is 372 g/mol. The molecule has 3 rings (SSSR count). The maximum atomic E-state index is 12.1. The Bertz CT molecular complexity index is 1080. The van der Waals surface area contributed by atoms with Gasteiger partial charge in [-0.05, 0) is 35.6 Å². The average Bonchev–Trinajstić information content (AvgIpc) is 3.04. The number of H-pyrrole nitrogens is 1. The second-order valence-corrected chi connectivity index (χ2v) is 6.96. The third-order valence-corrected chi connectivity index (χ3v) is 4.85. The number of nitrogens with one attached hydrogen (secondary N) is 1. The van der Waals surface area contributed by atoms with Gasteiger partial charge in [0.2, 0.25) is 16.1 Å². The van der Waals surface area contributed by atoms with Crippen molar-refractivity contribution in [2.45, 2.75) is 6.92 Å². The first kappa shape index (κ1) is 18.9. The molecule has 10 nitrogen and oxygen atoms in total. The fraction of sp³-hybridized carbons (Fsp3) is 0.231. The van der Waals surface area contributed by atoms with Crippen molar-refractivity contribution >= 4 is 37.6 Å². The summed E-state index contributed by atoms with van der Waals surface area (Å²) in [7, 11) is -1.72. The Morgan fingerprint density at radius 3 is 2.44 bits per heavy atom. The van der Waals surface area contributed by atoms with Crippen molar-refractivity contribution in [2.24, 2.45) is 12.2 Å². The summed E-state index contributed by atoms with van der Waals surface area (Å²) in [6.45, 7) is 1.65. The van der Waals surface area contributed by atoms with Crippen molar-refractivity contribution in [2.75, 3.05) is 7.11 Å². The van der Waals surface area contributed by atoms with E-state index in [-0.39, 0.29) is 5.69 Å². The van der Waals surface area contributed by atoms with Crippen LogP contribution >= 0.6 is 11.3 Å². The summed E-state index contributed by atoms with van der Waals surface area (Å²) in [6, 6.07) is 7.86. The standard InChI is InChI=1S/C12H10N4O2S.CH4O4S/c1-7-10(14-18)11(17)16(13-7)12-15(2)8-5-3-4-6-9(8)19-12;1-5-6(2,3)4/h3-6H,1-2H3;1H3,(H,2,3,4). The molecule has 12 heteroatoms. The number of aryl methyl sites for hydroxylation is 2. The van der Waals surface area contributed by atoms with Gasteiger partial charge >= 0.3 is 10.7 Å². The molecule has 0 aliphatic carbocycles. The summed E-state index contributed by atoms with van der Waals surface area (Å²) in [5, 5.41) is 6.37. The van der Waals surface area contributed by atoms with Crippen LogP contribution in [0.15, 0.2) is 34.2 Å². The number of nitrogens with zero attached hydrogens (tertiary/aromatic N) is 3. The van der Waals surface area contributed by atoms with Crippen molar-refractivity contribution in [3.63, 3.8) is 0 Å². The molecule has 1 aromatic carbocycles. The molecule has 0 spiro atoms. The number of hydrogen-bond acceptors (Lipinski definition) is 8. The maximum Gasteiger partial charge on any atom is 0.389 e. The van der Waals surface area contributed by atoms with E-state index in [0.717, 1.165) is 17.3 Å². The van der Waals surface area contributed by atoms with Gasteiger partial charge in [0.1, 0.15) is 5.52 Å². The van der Waals surface area contributed by atoms with Gasteiger partial charge in [0, 0.05) is 0 Å². The minimum atomic E-state index is -4.41. The number of nitroso groups, excluding NO2 is 1. The van der Waals surface area contributed by atoms with Crippen LogP contribution < -0.4 is 10.1 Å². The van der Waals surface area contributed by atoms with Crippen LogP contribution in [0.4, 0.5) is 5.69 Å². The topological polar surface area (TPSA) is 138 Å². The van der Waals surface area contributed by atoms with E-state index in [0.29, 0.717) is 10.8 Å². The second kappa shape index (κ2) is 7.23. The van der Waals surface area contributed by atoms with E-state index in [1.54, 1.807) is 6.92 Å². The van der Waals surface area contributed by atoms with Gasteiger partial charge in [-0.3, -0.25) is 4.18 Å². The molecule has 0 aliphatic heterocycles. The highest BCUT2D eigenvalue weighted by Crippen LogP contribution is 2.22. The SMILES string of the molecule is COS(=O)(=O)[O-].Cc1[nH]n(-c2sc3ccccc3[n+]2C)c(=O)c1N=O.